The summed E-state index contributed by atoms with van der Waals surface area (Å²) in [6.45, 7) is 1.95. The van der Waals surface area contributed by atoms with Crippen molar-refractivity contribution in [2.45, 2.75) is 29.2 Å². The normalized spacial score (nSPS) is 11.7. The van der Waals surface area contributed by atoms with Crippen LogP contribution in [0.15, 0.2) is 88.7 Å². The molecule has 0 unspecified atom stereocenters. The van der Waals surface area contributed by atoms with E-state index in [1.165, 1.54) is 0 Å². The number of ether oxygens (including phenoxy) is 1. The molecule has 0 bridgehead atoms. The van der Waals surface area contributed by atoms with E-state index in [-0.39, 0.29) is 0 Å². The molecule has 3 rings (SSSR count). The van der Waals surface area contributed by atoms with Crippen LogP contribution in [0.1, 0.15) is 11.1 Å². The van der Waals surface area contributed by atoms with Gasteiger partial charge in [-0.25, -0.2) is 4.79 Å². The number of aryl methyl sites for hydroxylation is 1. The molecule has 3 aromatic rings. The van der Waals surface area contributed by atoms with Crippen molar-refractivity contribution in [3.05, 3.63) is 90.0 Å². The molecule has 3 aromatic carbocycles. The number of rotatable bonds is 7. The molecule has 4 heteroatoms. The second kappa shape index (κ2) is 8.59. The standard InChI is InChI=1S/C22H20O3S/c1-16-8-7-10-18(14-16)25-20(22(23)24)15-17-9-5-6-13-21(17)26-19-11-3-2-4-12-19/h2-14,20H,15H2,1H3,(H,23,24)/t20-/m0/s1. The fraction of sp³-hybridized carbons (Fsp3) is 0.136. The van der Waals surface area contributed by atoms with Gasteiger partial charge in [-0.3, -0.25) is 0 Å². The van der Waals surface area contributed by atoms with Gasteiger partial charge in [-0.05, 0) is 48.4 Å². The predicted molar refractivity (Wildman–Crippen MR) is 104 cm³/mol. The number of carbonyl (C=O) groups is 1. The molecular weight excluding hydrogens is 344 g/mol. The smallest absolute Gasteiger partial charge is 0.345 e. The van der Waals surface area contributed by atoms with Crippen LogP contribution in [0.2, 0.25) is 0 Å². The largest absolute Gasteiger partial charge is 0.478 e. The number of hydrogen-bond donors (Lipinski definition) is 1. The zero-order valence-electron chi connectivity index (χ0n) is 14.5. The highest BCUT2D eigenvalue weighted by atomic mass is 32.2. The highest BCUT2D eigenvalue weighted by Gasteiger charge is 2.21. The van der Waals surface area contributed by atoms with Gasteiger partial charge in [0.2, 0.25) is 0 Å². The first-order valence-corrected chi connectivity index (χ1v) is 9.20. The van der Waals surface area contributed by atoms with Gasteiger partial charge in [0.15, 0.2) is 6.10 Å². The Kier molecular flexibility index (Phi) is 5.97. The van der Waals surface area contributed by atoms with Crippen LogP contribution < -0.4 is 4.74 Å². The minimum atomic E-state index is -0.967. The maximum atomic E-state index is 11.7. The fourth-order valence-corrected chi connectivity index (χ4v) is 3.60. The first-order valence-electron chi connectivity index (χ1n) is 8.39. The Labute approximate surface area is 157 Å². The molecule has 132 valence electrons. The van der Waals surface area contributed by atoms with Crippen molar-refractivity contribution < 1.29 is 14.6 Å². The van der Waals surface area contributed by atoms with Gasteiger partial charge >= 0.3 is 5.97 Å². The summed E-state index contributed by atoms with van der Waals surface area (Å²) >= 11 is 1.63. The van der Waals surface area contributed by atoms with Crippen LogP contribution in [0.4, 0.5) is 0 Å². The van der Waals surface area contributed by atoms with Gasteiger partial charge in [-0.1, -0.05) is 60.3 Å². The van der Waals surface area contributed by atoms with Gasteiger partial charge in [0, 0.05) is 16.2 Å². The van der Waals surface area contributed by atoms with Gasteiger partial charge in [-0.2, -0.15) is 0 Å². The molecule has 3 nitrogen and oxygen atoms in total. The summed E-state index contributed by atoms with van der Waals surface area (Å²) in [5.41, 5.74) is 1.99. The van der Waals surface area contributed by atoms with E-state index in [1.54, 1.807) is 17.8 Å². The third kappa shape index (κ3) is 4.90. The van der Waals surface area contributed by atoms with E-state index in [9.17, 15) is 9.90 Å². The first kappa shape index (κ1) is 18.1. The van der Waals surface area contributed by atoms with E-state index in [4.69, 9.17) is 4.74 Å². The van der Waals surface area contributed by atoms with Crippen molar-refractivity contribution in [2.75, 3.05) is 0 Å². The SMILES string of the molecule is Cc1cccc(O[C@@H](Cc2ccccc2Sc2ccccc2)C(=O)O)c1. The number of aliphatic carboxylic acids is 1. The number of benzene rings is 3. The lowest BCUT2D eigenvalue weighted by molar-refractivity contribution is -0.145. The minimum Gasteiger partial charge on any atom is -0.478 e. The third-order valence-electron chi connectivity index (χ3n) is 3.89. The van der Waals surface area contributed by atoms with E-state index in [0.717, 1.165) is 20.9 Å². The zero-order chi connectivity index (χ0) is 18.4. The van der Waals surface area contributed by atoms with Crippen molar-refractivity contribution in [3.8, 4) is 5.75 Å². The maximum absolute atomic E-state index is 11.7. The maximum Gasteiger partial charge on any atom is 0.345 e. The zero-order valence-corrected chi connectivity index (χ0v) is 15.3. The molecule has 0 saturated carbocycles. The van der Waals surface area contributed by atoms with Crippen LogP contribution in [0.25, 0.3) is 0 Å². The van der Waals surface area contributed by atoms with E-state index in [0.29, 0.717) is 12.2 Å². The van der Waals surface area contributed by atoms with Crippen LogP contribution >= 0.6 is 11.8 Å². The molecule has 26 heavy (non-hydrogen) atoms. The molecule has 0 aliphatic rings. The number of carboxylic acids is 1. The van der Waals surface area contributed by atoms with E-state index in [2.05, 4.69) is 0 Å². The van der Waals surface area contributed by atoms with Gasteiger partial charge in [0.25, 0.3) is 0 Å². The summed E-state index contributed by atoms with van der Waals surface area (Å²) < 4.78 is 5.76. The molecule has 1 atom stereocenters. The first-order chi connectivity index (χ1) is 12.6. The lowest BCUT2D eigenvalue weighted by Crippen LogP contribution is -2.29. The van der Waals surface area contributed by atoms with Crippen LogP contribution in [0, 0.1) is 6.92 Å². The van der Waals surface area contributed by atoms with Crippen molar-refractivity contribution in [3.63, 3.8) is 0 Å². The molecule has 0 saturated heterocycles. The average Bonchev–Trinajstić information content (AvgIpc) is 2.63. The highest BCUT2D eigenvalue weighted by molar-refractivity contribution is 7.99. The number of carboxylic acid groups (broad SMARTS) is 1. The number of hydrogen-bond acceptors (Lipinski definition) is 3. The second-order valence-corrected chi connectivity index (χ2v) is 7.10. The second-order valence-electron chi connectivity index (χ2n) is 5.99. The van der Waals surface area contributed by atoms with Crippen molar-refractivity contribution in [1.82, 2.24) is 0 Å². The Morgan fingerprint density at radius 1 is 1.00 bits per heavy atom. The molecule has 0 radical (unpaired) electrons. The molecule has 1 N–H and O–H groups in total. The summed E-state index contributed by atoms with van der Waals surface area (Å²) in [6, 6.07) is 25.4. The highest BCUT2D eigenvalue weighted by Crippen LogP contribution is 2.31. The van der Waals surface area contributed by atoms with Crippen LogP contribution in [0.5, 0.6) is 5.75 Å². The van der Waals surface area contributed by atoms with Gasteiger partial charge in [0.1, 0.15) is 5.75 Å². The molecule has 0 aromatic heterocycles. The summed E-state index contributed by atoms with van der Waals surface area (Å²) in [5.74, 6) is -0.392. The van der Waals surface area contributed by atoms with Gasteiger partial charge in [-0.15, -0.1) is 0 Å². The Morgan fingerprint density at radius 2 is 1.73 bits per heavy atom. The Hall–Kier alpha value is -2.72. The molecule has 0 fully saturated rings. The quantitative estimate of drug-likeness (QED) is 0.624. The van der Waals surface area contributed by atoms with Crippen molar-refractivity contribution >= 4 is 17.7 Å². The topological polar surface area (TPSA) is 46.5 Å². The van der Waals surface area contributed by atoms with E-state index >= 15 is 0 Å². The van der Waals surface area contributed by atoms with E-state index < -0.39 is 12.1 Å². The van der Waals surface area contributed by atoms with Gasteiger partial charge < -0.3 is 9.84 Å². The summed E-state index contributed by atoms with van der Waals surface area (Å²) in [7, 11) is 0. The molecular formula is C22H20O3S. The average molecular weight is 364 g/mol. The van der Waals surface area contributed by atoms with Crippen molar-refractivity contribution in [1.29, 1.82) is 0 Å². The van der Waals surface area contributed by atoms with Crippen LogP contribution in [-0.4, -0.2) is 17.2 Å². The monoisotopic (exact) mass is 364 g/mol. The predicted octanol–water partition coefficient (Wildman–Crippen LogP) is 5.22. The van der Waals surface area contributed by atoms with Crippen molar-refractivity contribution in [2.24, 2.45) is 0 Å². The molecule has 0 heterocycles. The Bertz CT molecular complexity index is 877. The Morgan fingerprint density at radius 3 is 2.46 bits per heavy atom. The van der Waals surface area contributed by atoms with Crippen LogP contribution in [0.3, 0.4) is 0 Å². The molecule has 0 aliphatic heterocycles. The lowest BCUT2D eigenvalue weighted by Gasteiger charge is -2.17. The summed E-state index contributed by atoms with van der Waals surface area (Å²) in [5, 5.41) is 9.61. The molecule has 0 spiro atoms. The van der Waals surface area contributed by atoms with E-state index in [1.807, 2.05) is 79.7 Å². The minimum absolute atomic E-state index is 0.305. The third-order valence-corrected chi connectivity index (χ3v) is 5.02. The molecule has 0 aliphatic carbocycles. The Balaban J connectivity index is 1.80. The lowest BCUT2D eigenvalue weighted by atomic mass is 10.1. The summed E-state index contributed by atoms with van der Waals surface area (Å²) in [4.78, 5) is 13.9. The fourth-order valence-electron chi connectivity index (χ4n) is 2.62. The van der Waals surface area contributed by atoms with Crippen LogP contribution in [-0.2, 0) is 11.2 Å². The molecule has 0 amide bonds. The summed E-state index contributed by atoms with van der Waals surface area (Å²) in [6.07, 6.45) is -0.631. The van der Waals surface area contributed by atoms with Gasteiger partial charge in [0.05, 0.1) is 0 Å².